The minimum Gasteiger partial charge on any atom is -0.381 e. The standard InChI is InChI=1S/C25H28N4O4/c30-23-8-7-22(24(31)27-23)29-16-20-19(25(29)32)5-2-6-21(20)26-14-17-3-1-4-18(13-17)15-28-9-11-33-12-10-28/h1-6,13,22,26H,7-12,14-16H2,(H,27,30,31)/i1D,2D,3D,4D,5D,6D,9D2,10D2,11D2,12D2,13D,14D2,15D2,16D2,22D. The Hall–Kier alpha value is -3.23. The third kappa shape index (κ3) is 4.62. The molecule has 2 fully saturated rings. The largest absolute Gasteiger partial charge is 0.381 e. The van der Waals surface area contributed by atoms with Crippen LogP contribution < -0.4 is 10.6 Å². The fourth-order valence-corrected chi connectivity index (χ4v) is 3.00. The molecule has 172 valence electrons. The number of rotatable bonds is 6. The quantitative estimate of drug-likeness (QED) is 0.627. The molecule has 33 heavy (non-hydrogen) atoms. The second-order valence-electron chi connectivity index (χ2n) is 6.55. The summed E-state index contributed by atoms with van der Waals surface area (Å²) in [4.78, 5) is 37.8. The van der Waals surface area contributed by atoms with Gasteiger partial charge in [0, 0.05) is 63.9 Å². The third-order valence-electron chi connectivity index (χ3n) is 4.47. The van der Waals surface area contributed by atoms with Gasteiger partial charge in [0.2, 0.25) is 11.8 Å². The molecule has 0 spiro atoms. The summed E-state index contributed by atoms with van der Waals surface area (Å²) in [5, 5.41) is 3.75. The Kier molecular flexibility index (Phi) is 2.24. The summed E-state index contributed by atoms with van der Waals surface area (Å²) in [6.45, 7) is -26.7. The highest BCUT2D eigenvalue weighted by molar-refractivity contribution is 6.06. The number of imide groups is 1. The molecule has 8 heteroatoms. The lowest BCUT2D eigenvalue weighted by Crippen LogP contribution is -2.52. The first-order valence-electron chi connectivity index (χ1n) is 20.3. The molecule has 0 saturated carbocycles. The zero-order valence-electron chi connectivity index (χ0n) is 38.4. The van der Waals surface area contributed by atoms with E-state index in [-0.39, 0.29) is 4.90 Å². The van der Waals surface area contributed by atoms with Crippen LogP contribution in [0.1, 0.15) is 70.0 Å². The molecule has 0 aliphatic carbocycles. The van der Waals surface area contributed by atoms with Crippen molar-refractivity contribution in [1.29, 1.82) is 0 Å². The lowest BCUT2D eigenvalue weighted by atomic mass is 10.0. The molecule has 8 nitrogen and oxygen atoms in total. The molecular formula is C25H28N4O4. The van der Waals surface area contributed by atoms with E-state index in [0.29, 0.717) is 0 Å². The molecule has 0 bridgehead atoms. The lowest BCUT2D eigenvalue weighted by molar-refractivity contribution is -0.136. The van der Waals surface area contributed by atoms with Gasteiger partial charge in [-0.3, -0.25) is 24.6 Å². The van der Waals surface area contributed by atoms with Gasteiger partial charge < -0.3 is 15.0 Å². The van der Waals surface area contributed by atoms with E-state index < -0.39 is 157 Å². The van der Waals surface area contributed by atoms with Crippen molar-refractivity contribution in [2.45, 2.75) is 38.4 Å². The molecule has 3 amide bonds. The number of nitrogens with one attached hydrogen (secondary N) is 2. The van der Waals surface area contributed by atoms with E-state index in [2.05, 4.69) is 4.74 Å². The minimum atomic E-state index is -4.06. The maximum absolute atomic E-state index is 13.7. The van der Waals surface area contributed by atoms with Crippen molar-refractivity contribution in [2.24, 2.45) is 0 Å². The summed E-state index contributed by atoms with van der Waals surface area (Å²) in [5.74, 6) is -3.86. The van der Waals surface area contributed by atoms with E-state index in [1.165, 1.54) is 0 Å². The number of fused-ring (bicyclic) bond motifs is 1. The average Bonchev–Trinajstić information content (AvgIpc) is 3.22. The molecule has 2 aromatic rings. The average molecular weight is 471 g/mol. The number of nitrogens with zero attached hydrogens (tertiary/aromatic N) is 2. The van der Waals surface area contributed by atoms with E-state index in [4.69, 9.17) is 30.2 Å². The number of hydrogen-bond acceptors (Lipinski definition) is 6. The van der Waals surface area contributed by atoms with Gasteiger partial charge in [-0.15, -0.1) is 0 Å². The Labute approximate surface area is 223 Å². The fraction of sp³-hybridized carbons (Fsp3) is 0.400. The first-order chi connectivity index (χ1) is 24.6. The number of carbonyl (C=O) groups is 3. The summed E-state index contributed by atoms with van der Waals surface area (Å²) < 4.78 is 190. The summed E-state index contributed by atoms with van der Waals surface area (Å²) in [7, 11) is 0. The van der Waals surface area contributed by atoms with Gasteiger partial charge in [0.25, 0.3) is 5.91 Å². The van der Waals surface area contributed by atoms with Crippen LogP contribution in [0.15, 0.2) is 42.3 Å². The SMILES string of the molecule is [2H]c1c([2H])c(NC([2H])([2H])c2c([2H])c([2H])c([2H])c(C([2H])([2H])N3C([2H])([2H])C([2H])([2H])OC([2H])([2H])C3([2H])[2H])c2[2H])c2c(c1[2H])C(=O)N(C1([2H])CCC(=O)NC1=O)C2([2H])[2H]. The zero-order chi connectivity index (χ0) is 42.4. The number of benzene rings is 2. The van der Waals surface area contributed by atoms with Crippen LogP contribution in [0.25, 0.3) is 0 Å². The Balaban J connectivity index is 1.74. The van der Waals surface area contributed by atoms with Gasteiger partial charge in [0.1, 0.15) is 6.02 Å². The van der Waals surface area contributed by atoms with Crippen LogP contribution in [0.4, 0.5) is 5.69 Å². The number of amides is 3. The van der Waals surface area contributed by atoms with Gasteiger partial charge in [-0.05, 0) is 29.6 Å². The first-order valence-corrected chi connectivity index (χ1v) is 9.32. The number of anilines is 1. The number of carbonyl (C=O) groups excluding carboxylic acids is 3. The number of ether oxygens (including phenoxy) is 1. The van der Waals surface area contributed by atoms with Crippen LogP contribution in [0, 0.1) is 0 Å². The lowest BCUT2D eigenvalue weighted by Gasteiger charge is -2.29. The van der Waals surface area contributed by atoms with Crippen LogP contribution >= 0.6 is 0 Å². The van der Waals surface area contributed by atoms with Crippen LogP contribution in [-0.4, -0.2) is 59.7 Å². The summed E-state index contributed by atoms with van der Waals surface area (Å²) >= 11 is 0. The Morgan fingerprint density at radius 3 is 2.79 bits per heavy atom. The van der Waals surface area contributed by atoms with E-state index >= 15 is 0 Å². The predicted octanol–water partition coefficient (Wildman–Crippen LogP) is 1.89. The Bertz CT molecular complexity index is 2050. The number of piperidine rings is 1. The minimum absolute atomic E-state index is 0.0287. The van der Waals surface area contributed by atoms with Crippen molar-refractivity contribution in [3.05, 3.63) is 64.6 Å². The molecule has 3 heterocycles. The number of hydrogen-bond donors (Lipinski definition) is 2. The molecule has 0 radical (unpaired) electrons. The van der Waals surface area contributed by atoms with Crippen molar-refractivity contribution in [1.82, 2.24) is 15.1 Å². The van der Waals surface area contributed by atoms with Crippen molar-refractivity contribution in [2.75, 3.05) is 31.4 Å². The van der Waals surface area contributed by atoms with Gasteiger partial charge in [-0.1, -0.05) is 30.2 Å². The third-order valence-corrected chi connectivity index (χ3v) is 4.47. The van der Waals surface area contributed by atoms with Gasteiger partial charge in [0.05, 0.1) is 35.1 Å². The molecular weight excluding hydrogens is 420 g/mol. The van der Waals surface area contributed by atoms with Crippen LogP contribution in [0.2, 0.25) is 0 Å². The van der Waals surface area contributed by atoms with Gasteiger partial charge in [0.15, 0.2) is 0 Å². The Morgan fingerprint density at radius 1 is 1.18 bits per heavy atom. The van der Waals surface area contributed by atoms with Crippen molar-refractivity contribution >= 4 is 23.4 Å². The second kappa shape index (κ2) is 9.33. The molecule has 3 aliphatic heterocycles. The molecule has 2 aromatic carbocycles. The molecule has 3 aliphatic rings. The maximum atomic E-state index is 13.7. The van der Waals surface area contributed by atoms with Crippen LogP contribution in [0.3, 0.4) is 0 Å². The maximum Gasteiger partial charge on any atom is 0.255 e. The van der Waals surface area contributed by atoms with Gasteiger partial charge in [-0.25, -0.2) is 0 Å². The van der Waals surface area contributed by atoms with Crippen molar-refractivity contribution in [3.63, 3.8) is 0 Å². The van der Waals surface area contributed by atoms with Gasteiger partial charge in [-0.2, -0.15) is 0 Å². The van der Waals surface area contributed by atoms with E-state index in [0.717, 1.165) is 0 Å². The molecule has 1 atom stereocenters. The van der Waals surface area contributed by atoms with E-state index in [9.17, 15) is 14.4 Å². The highest BCUT2D eigenvalue weighted by atomic mass is 16.5. The summed E-state index contributed by atoms with van der Waals surface area (Å²) in [6, 6.07) is -12.1. The zero-order valence-corrected chi connectivity index (χ0v) is 16.4. The normalized spacial score (nSPS) is 41.6. The highest BCUT2D eigenvalue weighted by Gasteiger charge is 2.39. The molecule has 5 rings (SSSR count). The van der Waals surface area contributed by atoms with E-state index in [1.54, 1.807) is 5.32 Å². The second-order valence-corrected chi connectivity index (χ2v) is 6.55. The van der Waals surface area contributed by atoms with Crippen molar-refractivity contribution < 1.29 is 49.3 Å². The van der Waals surface area contributed by atoms with Crippen molar-refractivity contribution in [3.8, 4) is 0 Å². The topological polar surface area (TPSA) is 91.0 Å². The Morgan fingerprint density at radius 2 is 1.97 bits per heavy atom. The molecule has 2 N–H and O–H groups in total. The number of morpholine rings is 1. The smallest absolute Gasteiger partial charge is 0.255 e. The first kappa shape index (κ1) is 7.92. The summed E-state index contributed by atoms with van der Waals surface area (Å²) in [5.41, 5.74) is -6.26. The fourth-order valence-electron chi connectivity index (χ4n) is 3.00. The van der Waals surface area contributed by atoms with Crippen LogP contribution in [0.5, 0.6) is 0 Å². The molecule has 0 aromatic heterocycles. The van der Waals surface area contributed by atoms with Gasteiger partial charge >= 0.3 is 0 Å². The molecule has 2 saturated heterocycles. The molecule has 1 unspecified atom stereocenters. The monoisotopic (exact) mass is 470 g/mol. The highest BCUT2D eigenvalue weighted by Crippen LogP contribution is 2.32. The summed E-state index contributed by atoms with van der Waals surface area (Å²) in [6.07, 6.45) is -1.29. The van der Waals surface area contributed by atoms with Crippen LogP contribution in [-0.2, 0) is 33.8 Å². The van der Waals surface area contributed by atoms with E-state index in [1.807, 2.05) is 5.32 Å². The predicted molar refractivity (Wildman–Crippen MR) is 122 cm³/mol.